The van der Waals surface area contributed by atoms with Crippen LogP contribution in [-0.4, -0.2) is 0 Å². The van der Waals surface area contributed by atoms with Crippen LogP contribution in [0.4, 0.5) is 17.1 Å². The van der Waals surface area contributed by atoms with Gasteiger partial charge in [0, 0.05) is 27.6 Å². The topological polar surface area (TPSA) is 3.24 Å². The summed E-state index contributed by atoms with van der Waals surface area (Å²) in [6, 6.07) is 76.6. The van der Waals surface area contributed by atoms with Gasteiger partial charge in [0.2, 0.25) is 0 Å². The Morgan fingerprint density at radius 2 is 0.868 bits per heavy atom. The Hall–Kier alpha value is -7.22. The number of fused-ring (bicyclic) bond motifs is 10. The van der Waals surface area contributed by atoms with E-state index in [-0.39, 0.29) is 10.8 Å². The molecule has 10 aromatic rings. The van der Waals surface area contributed by atoms with Crippen molar-refractivity contribution in [2.75, 3.05) is 4.90 Å². The molecule has 1 heteroatoms. The Balaban J connectivity index is 0.879. The van der Waals surface area contributed by atoms with Crippen molar-refractivity contribution in [3.63, 3.8) is 0 Å². The highest BCUT2D eigenvalue weighted by Crippen LogP contribution is 2.69. The summed E-state index contributed by atoms with van der Waals surface area (Å²) in [5.74, 6) is 3.43. The molecule has 6 aliphatic carbocycles. The van der Waals surface area contributed by atoms with Crippen molar-refractivity contribution in [2.45, 2.75) is 56.8 Å². The average molecular weight is 872 g/mol. The second-order valence-corrected chi connectivity index (χ2v) is 21.7. The maximum Gasteiger partial charge on any atom is 0.0546 e. The van der Waals surface area contributed by atoms with Crippen LogP contribution < -0.4 is 4.90 Å². The molecule has 16 rings (SSSR count). The van der Waals surface area contributed by atoms with Crippen molar-refractivity contribution in [2.24, 2.45) is 23.7 Å². The second kappa shape index (κ2) is 14.2. The highest BCUT2D eigenvalue weighted by molar-refractivity contribution is 6.14. The molecule has 326 valence electrons. The van der Waals surface area contributed by atoms with Crippen LogP contribution >= 0.6 is 0 Å². The lowest BCUT2D eigenvalue weighted by Crippen LogP contribution is -2.55. The van der Waals surface area contributed by atoms with Gasteiger partial charge in [-0.2, -0.15) is 0 Å². The molecule has 4 fully saturated rings. The molecule has 0 saturated heterocycles. The van der Waals surface area contributed by atoms with Gasteiger partial charge in [0.05, 0.1) is 5.69 Å². The summed E-state index contributed by atoms with van der Waals surface area (Å²) in [7, 11) is 0. The van der Waals surface area contributed by atoms with Gasteiger partial charge in [0.25, 0.3) is 0 Å². The van der Waals surface area contributed by atoms with Crippen molar-refractivity contribution in [1.82, 2.24) is 0 Å². The lowest BCUT2D eigenvalue weighted by Gasteiger charge is -2.61. The van der Waals surface area contributed by atoms with Gasteiger partial charge < -0.3 is 4.90 Å². The van der Waals surface area contributed by atoms with E-state index in [0.29, 0.717) is 0 Å². The minimum Gasteiger partial charge on any atom is -0.310 e. The highest BCUT2D eigenvalue weighted by atomic mass is 15.1. The fourth-order valence-corrected chi connectivity index (χ4v) is 15.3. The zero-order chi connectivity index (χ0) is 44.9. The quantitative estimate of drug-likeness (QED) is 0.156. The highest BCUT2D eigenvalue weighted by Gasteiger charge is 2.61. The molecule has 68 heavy (non-hydrogen) atoms. The van der Waals surface area contributed by atoms with Crippen molar-refractivity contribution < 1.29 is 0 Å². The third-order valence-corrected chi connectivity index (χ3v) is 18.0. The number of nitrogens with zero attached hydrogens (tertiary/aromatic N) is 1. The first kappa shape index (κ1) is 38.8. The first-order valence-electron chi connectivity index (χ1n) is 25.2. The molecule has 1 nitrogen and oxygen atoms in total. The molecule has 0 N–H and O–H groups in total. The molecule has 6 aliphatic rings. The zero-order valence-corrected chi connectivity index (χ0v) is 38.8. The average Bonchev–Trinajstić information content (AvgIpc) is 3.80. The molecular weight excluding hydrogens is 819 g/mol. The van der Waals surface area contributed by atoms with Crippen molar-refractivity contribution in [3.8, 4) is 44.5 Å². The monoisotopic (exact) mass is 871 g/mol. The molecule has 0 heterocycles. The maximum absolute atomic E-state index is 2.58. The van der Waals surface area contributed by atoms with Crippen molar-refractivity contribution in [3.05, 3.63) is 222 Å². The Bertz CT molecular complexity index is 3700. The largest absolute Gasteiger partial charge is 0.310 e. The summed E-state index contributed by atoms with van der Waals surface area (Å²) in [4.78, 5) is 2.51. The van der Waals surface area contributed by atoms with E-state index >= 15 is 0 Å². The third-order valence-electron chi connectivity index (χ3n) is 18.0. The van der Waals surface area contributed by atoms with Gasteiger partial charge >= 0.3 is 0 Å². The molecule has 4 bridgehead atoms. The molecule has 0 atom stereocenters. The van der Waals surface area contributed by atoms with Gasteiger partial charge in [0.15, 0.2) is 0 Å². The summed E-state index contributed by atoms with van der Waals surface area (Å²) >= 11 is 0. The first-order valence-corrected chi connectivity index (χ1v) is 25.2. The molecule has 0 unspecified atom stereocenters. The van der Waals surface area contributed by atoms with Crippen LogP contribution in [0, 0.1) is 23.7 Å². The smallest absolute Gasteiger partial charge is 0.0546 e. The lowest BCUT2D eigenvalue weighted by atomic mass is 9.43. The number of anilines is 3. The molecule has 0 aromatic heterocycles. The number of benzene rings is 10. The predicted octanol–water partition coefficient (Wildman–Crippen LogP) is 18.0. The summed E-state index contributed by atoms with van der Waals surface area (Å²) in [6.07, 6.45) is 7.13. The van der Waals surface area contributed by atoms with Gasteiger partial charge in [0.1, 0.15) is 0 Å². The fourth-order valence-electron chi connectivity index (χ4n) is 15.3. The summed E-state index contributed by atoms with van der Waals surface area (Å²) in [5.41, 5.74) is 20.3. The minimum atomic E-state index is -0.134. The summed E-state index contributed by atoms with van der Waals surface area (Å²) in [5, 5.41) is 7.55. The third kappa shape index (κ3) is 5.34. The van der Waals surface area contributed by atoms with E-state index in [1.54, 1.807) is 11.1 Å². The molecule has 0 aliphatic heterocycles. The van der Waals surface area contributed by atoms with Crippen LogP contribution in [0.15, 0.2) is 200 Å². The van der Waals surface area contributed by atoms with Gasteiger partial charge in [-0.25, -0.2) is 0 Å². The van der Waals surface area contributed by atoms with Crippen LogP contribution in [0.1, 0.15) is 68.2 Å². The Labute approximate surface area is 399 Å². The standard InChI is InChI=1S/C67H53N/c1-66(2)61-29-24-45(46-25-30-64-58(37-46)56-18-9-10-21-63(56)67(64)48-33-41-32-42(35-48)36-49(67)34-41)38-59(61)60-40-51(28-31-62(60)66)68(65-39-47-13-4-6-16-54(47)55-17-7-8-19-57(55)65)50-26-22-44(23-27-50)53-20-11-14-43-12-3-5-15-52(43)53/h3-31,37-42,48-49H,32-36H2,1-2H3. The normalized spacial score (nSPS) is 22.1. The van der Waals surface area contributed by atoms with E-state index in [0.717, 1.165) is 35.0 Å². The minimum absolute atomic E-state index is 0.134. The molecular formula is C67H53N. The van der Waals surface area contributed by atoms with E-state index in [1.807, 2.05) is 0 Å². The SMILES string of the molecule is CC1(C)c2ccc(-c3ccc4c(c3)-c3ccccc3C43C4CC5CC(C4)CC3C5)cc2-c2cc(N(c3ccc(-c4cccc5ccccc45)cc3)c3cc4ccccc4c4ccccc34)ccc21. The number of hydrogen-bond acceptors (Lipinski definition) is 1. The zero-order valence-electron chi connectivity index (χ0n) is 38.8. The van der Waals surface area contributed by atoms with Crippen LogP contribution in [0.2, 0.25) is 0 Å². The van der Waals surface area contributed by atoms with Crippen LogP contribution in [0.5, 0.6) is 0 Å². The number of hydrogen-bond donors (Lipinski definition) is 0. The molecule has 1 spiro atoms. The van der Waals surface area contributed by atoms with Crippen LogP contribution in [0.3, 0.4) is 0 Å². The summed E-state index contributed by atoms with van der Waals surface area (Å²) in [6.45, 7) is 4.82. The van der Waals surface area contributed by atoms with E-state index in [2.05, 4.69) is 219 Å². The van der Waals surface area contributed by atoms with E-state index in [4.69, 9.17) is 0 Å². The molecule has 0 radical (unpaired) electrons. The Kier molecular flexibility index (Phi) is 8.09. The fraction of sp³-hybridized carbons (Fsp3) is 0.194. The van der Waals surface area contributed by atoms with Gasteiger partial charge in [-0.15, -0.1) is 0 Å². The van der Waals surface area contributed by atoms with Gasteiger partial charge in [-0.3, -0.25) is 0 Å². The van der Waals surface area contributed by atoms with Crippen LogP contribution in [-0.2, 0) is 10.8 Å². The Morgan fingerprint density at radius 3 is 1.62 bits per heavy atom. The molecule has 0 amide bonds. The number of rotatable bonds is 5. The summed E-state index contributed by atoms with van der Waals surface area (Å²) < 4.78 is 0. The molecule has 10 aromatic carbocycles. The van der Waals surface area contributed by atoms with E-state index in [1.165, 1.54) is 126 Å². The first-order chi connectivity index (χ1) is 33.4. The predicted molar refractivity (Wildman–Crippen MR) is 285 cm³/mol. The maximum atomic E-state index is 2.58. The van der Waals surface area contributed by atoms with E-state index < -0.39 is 0 Å². The van der Waals surface area contributed by atoms with Crippen LogP contribution in [0.25, 0.3) is 76.8 Å². The second-order valence-electron chi connectivity index (χ2n) is 21.7. The van der Waals surface area contributed by atoms with Crippen molar-refractivity contribution in [1.29, 1.82) is 0 Å². The van der Waals surface area contributed by atoms with Gasteiger partial charge in [-0.05, 0) is 192 Å². The Morgan fingerprint density at radius 1 is 0.353 bits per heavy atom. The van der Waals surface area contributed by atoms with Gasteiger partial charge in [-0.1, -0.05) is 172 Å². The van der Waals surface area contributed by atoms with Crippen molar-refractivity contribution >= 4 is 49.4 Å². The lowest BCUT2D eigenvalue weighted by molar-refractivity contribution is -0.0399. The van der Waals surface area contributed by atoms with E-state index in [9.17, 15) is 0 Å². The molecule has 4 saturated carbocycles.